The van der Waals surface area contributed by atoms with Crippen LogP contribution in [0, 0.1) is 11.8 Å². The number of hydrogen-bond donors (Lipinski definition) is 5. The Morgan fingerprint density at radius 1 is 0.828 bits per heavy atom. The molecule has 304 valence electrons. The highest BCUT2D eigenvalue weighted by Crippen LogP contribution is 2.32. The van der Waals surface area contributed by atoms with Gasteiger partial charge in [-0.15, -0.1) is 0 Å². The molecule has 1 saturated carbocycles. The first-order chi connectivity index (χ1) is 28.4. The number of fused-ring (bicyclic) bond motifs is 1. The second-order valence-electron chi connectivity index (χ2n) is 15.6. The molecule has 4 aromatic carbocycles. The zero-order chi connectivity index (χ0) is 40.1. The lowest BCUT2D eigenvalue weighted by molar-refractivity contribution is -0.121. The van der Waals surface area contributed by atoms with Gasteiger partial charge in [-0.2, -0.15) is 0 Å². The molecule has 0 spiro atoms. The number of nitrogens with one attached hydrogen (secondary N) is 4. The fourth-order valence-corrected chi connectivity index (χ4v) is 8.31. The normalized spacial score (nSPS) is 18.0. The summed E-state index contributed by atoms with van der Waals surface area (Å²) in [7, 11) is 0. The third-order valence-corrected chi connectivity index (χ3v) is 11.4. The van der Waals surface area contributed by atoms with Crippen LogP contribution in [-0.4, -0.2) is 72.4 Å². The van der Waals surface area contributed by atoms with E-state index >= 15 is 0 Å². The number of aliphatic hydroxyl groups excluding tert-OH is 1. The third kappa shape index (κ3) is 11.3. The molecular formula is C47H55N5O6. The maximum atomic E-state index is 12.9. The fraction of sp³-hybridized carbons (Fsp3) is 0.383. The Hall–Kier alpha value is -5.49. The second kappa shape index (κ2) is 20.3. The maximum absolute atomic E-state index is 12.9. The highest BCUT2D eigenvalue weighted by atomic mass is 16.6. The van der Waals surface area contributed by atoms with Gasteiger partial charge in [-0.25, -0.2) is 4.79 Å². The Labute approximate surface area is 340 Å². The van der Waals surface area contributed by atoms with E-state index < -0.39 is 12.2 Å². The van der Waals surface area contributed by atoms with E-state index in [1.807, 2.05) is 97.1 Å². The molecule has 1 aliphatic carbocycles. The van der Waals surface area contributed by atoms with Crippen molar-refractivity contribution in [2.75, 3.05) is 44.6 Å². The monoisotopic (exact) mass is 785 g/mol. The molecule has 1 saturated heterocycles. The first-order valence-corrected chi connectivity index (χ1v) is 20.7. The zero-order valence-corrected chi connectivity index (χ0v) is 33.0. The number of hydrogen-bond acceptors (Lipinski definition) is 8. The van der Waals surface area contributed by atoms with E-state index in [9.17, 15) is 19.5 Å². The first kappa shape index (κ1) is 40.7. The van der Waals surface area contributed by atoms with Gasteiger partial charge in [-0.1, -0.05) is 91.3 Å². The van der Waals surface area contributed by atoms with Crippen LogP contribution < -0.4 is 26.2 Å². The lowest BCUT2D eigenvalue weighted by atomic mass is 9.81. The smallest absolute Gasteiger partial charge is 0.411 e. The molecule has 0 bridgehead atoms. The number of carbonyl (C=O) groups is 2. The number of rotatable bonds is 16. The molecule has 3 atom stereocenters. The van der Waals surface area contributed by atoms with Gasteiger partial charge in [0.25, 0.3) is 0 Å². The summed E-state index contributed by atoms with van der Waals surface area (Å²) < 4.78 is 11.9. The molecule has 2 fully saturated rings. The molecule has 5 N–H and O–H groups in total. The van der Waals surface area contributed by atoms with Crippen LogP contribution in [0.2, 0.25) is 0 Å². The number of aromatic nitrogens is 1. The second-order valence-corrected chi connectivity index (χ2v) is 15.6. The van der Waals surface area contributed by atoms with Crippen LogP contribution in [0.25, 0.3) is 22.0 Å². The minimum absolute atomic E-state index is 0.0725. The lowest BCUT2D eigenvalue weighted by Crippen LogP contribution is -2.40. The summed E-state index contributed by atoms with van der Waals surface area (Å²) in [6, 6.07) is 34.4. The number of anilines is 1. The van der Waals surface area contributed by atoms with Gasteiger partial charge >= 0.3 is 6.09 Å². The van der Waals surface area contributed by atoms with Crippen molar-refractivity contribution in [1.29, 1.82) is 0 Å². The van der Waals surface area contributed by atoms with E-state index in [2.05, 4.69) is 25.8 Å². The van der Waals surface area contributed by atoms with E-state index in [1.165, 1.54) is 6.07 Å². The Kier molecular flexibility index (Phi) is 14.2. The quantitative estimate of drug-likeness (QED) is 0.0696. The number of aliphatic hydroxyl groups is 1. The Morgan fingerprint density at radius 2 is 1.55 bits per heavy atom. The van der Waals surface area contributed by atoms with Crippen LogP contribution >= 0.6 is 0 Å². The first-order valence-electron chi connectivity index (χ1n) is 20.7. The van der Waals surface area contributed by atoms with Crippen LogP contribution in [-0.2, 0) is 16.1 Å². The molecule has 11 heteroatoms. The number of amides is 2. The highest BCUT2D eigenvalue weighted by Gasteiger charge is 2.25. The molecule has 2 aliphatic rings. The summed E-state index contributed by atoms with van der Waals surface area (Å²) >= 11 is 0. The van der Waals surface area contributed by atoms with Crippen LogP contribution in [0.4, 0.5) is 10.5 Å². The van der Waals surface area contributed by atoms with E-state index in [-0.39, 0.29) is 17.6 Å². The van der Waals surface area contributed by atoms with Crippen molar-refractivity contribution in [3.8, 4) is 16.9 Å². The van der Waals surface area contributed by atoms with Gasteiger partial charge < -0.3 is 35.1 Å². The molecule has 2 unspecified atom stereocenters. The van der Waals surface area contributed by atoms with Gasteiger partial charge in [-0.05, 0) is 85.4 Å². The zero-order valence-electron chi connectivity index (χ0n) is 33.0. The van der Waals surface area contributed by atoms with E-state index in [4.69, 9.17) is 9.47 Å². The SMILES string of the molecule is O=C(CCN1CCC(OC(=O)Nc2ccccc2-c2ccccc2)CC1)NCC1CCCC(CNC[C@@H](O)c2ccc(OCc3ccccc3)c3[nH]c(=O)ccc23)C1. The molecule has 2 amide bonds. The van der Waals surface area contributed by atoms with E-state index in [0.29, 0.717) is 55.8 Å². The predicted octanol–water partition coefficient (Wildman–Crippen LogP) is 7.42. The van der Waals surface area contributed by atoms with Crippen molar-refractivity contribution in [1.82, 2.24) is 20.5 Å². The van der Waals surface area contributed by atoms with Gasteiger partial charge in [-0.3, -0.25) is 14.9 Å². The van der Waals surface area contributed by atoms with Gasteiger partial charge in [0.1, 0.15) is 18.5 Å². The van der Waals surface area contributed by atoms with E-state index in [1.54, 1.807) is 6.07 Å². The number of pyridine rings is 1. The number of benzene rings is 4. The number of likely N-dealkylation sites (tertiary alicyclic amines) is 1. The van der Waals surface area contributed by atoms with E-state index in [0.717, 1.165) is 91.5 Å². The van der Waals surface area contributed by atoms with Crippen molar-refractivity contribution in [3.05, 3.63) is 131 Å². The molecule has 11 nitrogen and oxygen atoms in total. The molecule has 58 heavy (non-hydrogen) atoms. The van der Waals surface area contributed by atoms with Crippen molar-refractivity contribution < 1.29 is 24.2 Å². The molecule has 1 aliphatic heterocycles. The summed E-state index contributed by atoms with van der Waals surface area (Å²) in [4.78, 5) is 43.1. The van der Waals surface area contributed by atoms with Gasteiger partial charge in [0.15, 0.2) is 0 Å². The number of carbonyl (C=O) groups excluding carboxylic acids is 2. The average molecular weight is 786 g/mol. The number of aromatic amines is 1. The van der Waals surface area contributed by atoms with Crippen molar-refractivity contribution in [2.24, 2.45) is 11.8 Å². The number of piperidine rings is 1. The number of nitrogens with zero attached hydrogens (tertiary/aromatic N) is 1. The summed E-state index contributed by atoms with van der Waals surface area (Å²) in [5, 5.41) is 21.6. The lowest BCUT2D eigenvalue weighted by Gasteiger charge is -2.32. The molecule has 0 radical (unpaired) electrons. The Morgan fingerprint density at radius 3 is 2.34 bits per heavy atom. The van der Waals surface area contributed by atoms with Gasteiger partial charge in [0, 0.05) is 56.2 Å². The Bertz CT molecular complexity index is 2150. The minimum atomic E-state index is -0.763. The minimum Gasteiger partial charge on any atom is -0.487 e. The molecule has 5 aromatic rings. The van der Waals surface area contributed by atoms with Gasteiger partial charge in [0.05, 0.1) is 17.3 Å². The highest BCUT2D eigenvalue weighted by molar-refractivity contribution is 5.91. The molecule has 2 heterocycles. The maximum Gasteiger partial charge on any atom is 0.411 e. The third-order valence-electron chi connectivity index (χ3n) is 11.4. The van der Waals surface area contributed by atoms with Crippen molar-refractivity contribution in [3.63, 3.8) is 0 Å². The number of H-pyrrole nitrogens is 1. The summed E-state index contributed by atoms with van der Waals surface area (Å²) in [5.41, 5.74) is 4.80. The molecule has 1 aromatic heterocycles. The molecular weight excluding hydrogens is 731 g/mol. The summed E-state index contributed by atoms with van der Waals surface area (Å²) in [5.74, 6) is 1.53. The van der Waals surface area contributed by atoms with Crippen molar-refractivity contribution in [2.45, 2.75) is 63.8 Å². The molecule has 7 rings (SSSR count). The largest absolute Gasteiger partial charge is 0.487 e. The Balaban J connectivity index is 0.786. The van der Waals surface area contributed by atoms with Gasteiger partial charge in [0.2, 0.25) is 11.5 Å². The number of para-hydroxylation sites is 1. The summed E-state index contributed by atoms with van der Waals surface area (Å²) in [6.45, 7) is 4.47. The fourth-order valence-electron chi connectivity index (χ4n) is 8.31. The van der Waals surface area contributed by atoms with Crippen molar-refractivity contribution >= 4 is 28.6 Å². The van der Waals surface area contributed by atoms with Crippen LogP contribution in [0.3, 0.4) is 0 Å². The topological polar surface area (TPSA) is 145 Å². The predicted molar refractivity (Wildman–Crippen MR) is 228 cm³/mol. The number of ether oxygens (including phenoxy) is 2. The average Bonchev–Trinajstić information content (AvgIpc) is 3.25. The summed E-state index contributed by atoms with van der Waals surface area (Å²) in [6.07, 6.45) is 4.91. The standard InChI is InChI=1S/C47H55N5O6/c53-42(39-18-20-43(46-40(39)19-21-45(55)51-46)57-32-33-10-3-1-4-11-33)31-48-29-34-12-9-13-35(28-34)30-49-44(54)24-27-52-25-22-37(23-26-52)58-47(56)50-41-17-8-7-16-38(41)36-14-5-2-6-15-36/h1-8,10-11,14-21,34-35,37,42,48,53H,9,12-13,22-32H2,(H,49,54)(H,50,56)(H,51,55)/t34?,35?,42-/m1/s1. The van der Waals surface area contributed by atoms with Crippen LogP contribution in [0.15, 0.2) is 114 Å². The van der Waals surface area contributed by atoms with Crippen LogP contribution in [0.5, 0.6) is 5.75 Å². The van der Waals surface area contributed by atoms with Crippen LogP contribution in [0.1, 0.15) is 62.2 Å².